The molecule has 25 heavy (non-hydrogen) atoms. The predicted molar refractivity (Wildman–Crippen MR) is 102 cm³/mol. The highest BCUT2D eigenvalue weighted by atomic mass is 79.9. The van der Waals surface area contributed by atoms with Crippen molar-refractivity contribution in [2.24, 2.45) is 0 Å². The quantitative estimate of drug-likeness (QED) is 0.676. The normalized spacial score (nSPS) is 11.5. The molecule has 0 radical (unpaired) electrons. The number of aryl methyl sites for hydroxylation is 1. The van der Waals surface area contributed by atoms with Gasteiger partial charge in [-0.1, -0.05) is 30.3 Å². The van der Waals surface area contributed by atoms with Gasteiger partial charge in [-0.3, -0.25) is 9.40 Å². The second kappa shape index (κ2) is 7.01. The third kappa shape index (κ3) is 3.93. The SMILES string of the molecule is Cc1nn(Cc2cccc(NS(=O)(=O)c3ccccc3)c2)c(C)c1Br. The molecule has 3 rings (SSSR count). The Bertz CT molecular complexity index is 998. The fourth-order valence-electron chi connectivity index (χ4n) is 2.55. The van der Waals surface area contributed by atoms with Gasteiger partial charge in [0.25, 0.3) is 10.0 Å². The van der Waals surface area contributed by atoms with E-state index < -0.39 is 10.0 Å². The molecular weight excluding hydrogens is 402 g/mol. The van der Waals surface area contributed by atoms with Crippen molar-refractivity contribution in [1.29, 1.82) is 0 Å². The summed E-state index contributed by atoms with van der Waals surface area (Å²) < 4.78 is 30.4. The molecule has 130 valence electrons. The van der Waals surface area contributed by atoms with Gasteiger partial charge >= 0.3 is 0 Å². The molecule has 1 N–H and O–H groups in total. The molecule has 0 saturated carbocycles. The van der Waals surface area contributed by atoms with Crippen LogP contribution in [0.3, 0.4) is 0 Å². The first kappa shape index (κ1) is 17.7. The fourth-order valence-corrected chi connectivity index (χ4v) is 3.90. The van der Waals surface area contributed by atoms with Gasteiger partial charge in [-0.05, 0) is 59.6 Å². The summed E-state index contributed by atoms with van der Waals surface area (Å²) in [6, 6.07) is 15.7. The minimum absolute atomic E-state index is 0.239. The van der Waals surface area contributed by atoms with Crippen LogP contribution < -0.4 is 4.72 Å². The van der Waals surface area contributed by atoms with Gasteiger partial charge in [-0.25, -0.2) is 8.42 Å². The van der Waals surface area contributed by atoms with Gasteiger partial charge in [0.05, 0.1) is 27.3 Å². The molecule has 7 heteroatoms. The van der Waals surface area contributed by atoms with Gasteiger partial charge in [0, 0.05) is 5.69 Å². The Morgan fingerprint density at radius 2 is 1.80 bits per heavy atom. The first-order valence-electron chi connectivity index (χ1n) is 7.73. The standard InChI is InChI=1S/C18H18BrN3O2S/c1-13-18(19)14(2)22(20-13)12-15-7-6-8-16(11-15)21-25(23,24)17-9-4-3-5-10-17/h3-11,21H,12H2,1-2H3. The molecule has 2 aromatic carbocycles. The summed E-state index contributed by atoms with van der Waals surface area (Å²) in [6.45, 7) is 4.50. The molecular formula is C18H18BrN3O2S. The highest BCUT2D eigenvalue weighted by Crippen LogP contribution is 2.22. The lowest BCUT2D eigenvalue weighted by Gasteiger charge is -2.10. The van der Waals surface area contributed by atoms with Crippen LogP contribution in [0.2, 0.25) is 0 Å². The number of nitrogens with zero attached hydrogens (tertiary/aromatic N) is 2. The Morgan fingerprint density at radius 1 is 1.08 bits per heavy atom. The Hall–Kier alpha value is -2.12. The topological polar surface area (TPSA) is 64.0 Å². The van der Waals surface area contributed by atoms with E-state index >= 15 is 0 Å². The smallest absolute Gasteiger partial charge is 0.261 e. The molecule has 0 amide bonds. The molecule has 0 atom stereocenters. The van der Waals surface area contributed by atoms with E-state index in [2.05, 4.69) is 25.8 Å². The molecule has 1 aromatic heterocycles. The van der Waals surface area contributed by atoms with Crippen molar-refractivity contribution in [3.05, 3.63) is 76.0 Å². The first-order valence-corrected chi connectivity index (χ1v) is 10.0. The zero-order chi connectivity index (χ0) is 18.0. The van der Waals surface area contributed by atoms with Crippen LogP contribution in [-0.2, 0) is 16.6 Å². The molecule has 0 fully saturated rings. The highest BCUT2D eigenvalue weighted by molar-refractivity contribution is 9.10. The Balaban J connectivity index is 1.83. The van der Waals surface area contributed by atoms with Gasteiger partial charge in [0.15, 0.2) is 0 Å². The van der Waals surface area contributed by atoms with E-state index in [1.165, 1.54) is 0 Å². The fraction of sp³-hybridized carbons (Fsp3) is 0.167. The monoisotopic (exact) mass is 419 g/mol. The second-order valence-corrected chi connectivity index (χ2v) is 8.24. The lowest BCUT2D eigenvalue weighted by Crippen LogP contribution is -2.13. The molecule has 0 aliphatic rings. The van der Waals surface area contributed by atoms with Crippen LogP contribution in [0.1, 0.15) is 17.0 Å². The number of hydrogen-bond donors (Lipinski definition) is 1. The molecule has 1 heterocycles. The number of halogens is 1. The summed E-state index contributed by atoms with van der Waals surface area (Å²) >= 11 is 3.52. The van der Waals surface area contributed by atoms with Gasteiger partial charge in [0.1, 0.15) is 0 Å². The van der Waals surface area contributed by atoms with Crippen LogP contribution in [0.25, 0.3) is 0 Å². The lowest BCUT2D eigenvalue weighted by molar-refractivity contribution is 0.601. The number of nitrogens with one attached hydrogen (secondary N) is 1. The Kier molecular flexibility index (Phi) is 4.96. The number of hydrogen-bond acceptors (Lipinski definition) is 3. The van der Waals surface area contributed by atoms with E-state index in [4.69, 9.17) is 0 Å². The van der Waals surface area contributed by atoms with Gasteiger partial charge in [-0.15, -0.1) is 0 Å². The number of aromatic nitrogens is 2. The van der Waals surface area contributed by atoms with Crippen LogP contribution >= 0.6 is 15.9 Å². The molecule has 0 bridgehead atoms. The molecule has 0 aliphatic heterocycles. The van der Waals surface area contributed by atoms with E-state index in [1.54, 1.807) is 36.4 Å². The van der Waals surface area contributed by atoms with Crippen LogP contribution in [0.4, 0.5) is 5.69 Å². The highest BCUT2D eigenvalue weighted by Gasteiger charge is 2.14. The number of benzene rings is 2. The van der Waals surface area contributed by atoms with Gasteiger partial charge in [-0.2, -0.15) is 5.10 Å². The van der Waals surface area contributed by atoms with Crippen molar-refractivity contribution in [2.45, 2.75) is 25.3 Å². The van der Waals surface area contributed by atoms with Crippen molar-refractivity contribution in [1.82, 2.24) is 9.78 Å². The summed E-state index contributed by atoms with van der Waals surface area (Å²) in [4.78, 5) is 0.239. The maximum absolute atomic E-state index is 12.4. The maximum Gasteiger partial charge on any atom is 0.261 e. The lowest BCUT2D eigenvalue weighted by atomic mass is 10.2. The van der Waals surface area contributed by atoms with Crippen molar-refractivity contribution in [2.75, 3.05) is 4.72 Å². The van der Waals surface area contributed by atoms with E-state index in [9.17, 15) is 8.42 Å². The maximum atomic E-state index is 12.4. The van der Waals surface area contributed by atoms with Crippen LogP contribution in [0, 0.1) is 13.8 Å². The van der Waals surface area contributed by atoms with E-state index in [0.29, 0.717) is 12.2 Å². The van der Waals surface area contributed by atoms with Crippen molar-refractivity contribution in [3.63, 3.8) is 0 Å². The average molecular weight is 420 g/mol. The summed E-state index contributed by atoms with van der Waals surface area (Å²) in [6.07, 6.45) is 0. The summed E-state index contributed by atoms with van der Waals surface area (Å²) in [5.41, 5.74) is 3.46. The van der Waals surface area contributed by atoms with Crippen LogP contribution in [-0.4, -0.2) is 18.2 Å². The zero-order valence-electron chi connectivity index (χ0n) is 13.9. The Morgan fingerprint density at radius 3 is 2.44 bits per heavy atom. The number of sulfonamides is 1. The summed E-state index contributed by atoms with van der Waals surface area (Å²) in [7, 11) is -3.59. The molecule has 5 nitrogen and oxygen atoms in total. The van der Waals surface area contributed by atoms with Gasteiger partial charge in [0.2, 0.25) is 0 Å². The molecule has 3 aromatic rings. The summed E-state index contributed by atoms with van der Waals surface area (Å²) in [5.74, 6) is 0. The van der Waals surface area contributed by atoms with Crippen molar-refractivity contribution < 1.29 is 8.42 Å². The largest absolute Gasteiger partial charge is 0.280 e. The number of anilines is 1. The third-order valence-corrected chi connectivity index (χ3v) is 6.40. The van der Waals surface area contributed by atoms with E-state index in [0.717, 1.165) is 21.4 Å². The van der Waals surface area contributed by atoms with Gasteiger partial charge < -0.3 is 0 Å². The van der Waals surface area contributed by atoms with Crippen LogP contribution in [0.5, 0.6) is 0 Å². The second-order valence-electron chi connectivity index (χ2n) is 5.76. The Labute approximate surface area is 155 Å². The predicted octanol–water partition coefficient (Wildman–Crippen LogP) is 4.11. The third-order valence-electron chi connectivity index (χ3n) is 3.86. The van der Waals surface area contributed by atoms with E-state index in [1.807, 2.05) is 36.7 Å². The molecule has 0 spiro atoms. The zero-order valence-corrected chi connectivity index (χ0v) is 16.3. The van der Waals surface area contributed by atoms with Crippen molar-refractivity contribution in [3.8, 4) is 0 Å². The average Bonchev–Trinajstić information content (AvgIpc) is 2.83. The van der Waals surface area contributed by atoms with Crippen LogP contribution in [0.15, 0.2) is 64.0 Å². The van der Waals surface area contributed by atoms with E-state index in [-0.39, 0.29) is 4.90 Å². The number of rotatable bonds is 5. The minimum atomic E-state index is -3.59. The molecule has 0 saturated heterocycles. The molecule has 0 aliphatic carbocycles. The summed E-state index contributed by atoms with van der Waals surface area (Å²) in [5, 5.41) is 4.49. The van der Waals surface area contributed by atoms with Crippen molar-refractivity contribution >= 4 is 31.6 Å². The molecule has 0 unspecified atom stereocenters. The first-order chi connectivity index (χ1) is 11.9. The minimum Gasteiger partial charge on any atom is -0.280 e.